The van der Waals surface area contributed by atoms with Crippen molar-refractivity contribution in [1.82, 2.24) is 0 Å². The molecule has 1 amide bonds. The van der Waals surface area contributed by atoms with Gasteiger partial charge in [0.05, 0.1) is 10.2 Å². The number of hydrogen-bond acceptors (Lipinski definition) is 3. The van der Waals surface area contributed by atoms with Crippen LogP contribution in [0.2, 0.25) is 0 Å². The molecule has 26 heavy (non-hydrogen) atoms. The number of carbonyl (C=O) groups excluding carboxylic acids is 1. The van der Waals surface area contributed by atoms with Gasteiger partial charge in [-0.3, -0.25) is 4.90 Å². The van der Waals surface area contributed by atoms with E-state index >= 15 is 0 Å². The molecule has 0 spiro atoms. The zero-order chi connectivity index (χ0) is 18.7. The third-order valence-corrected chi connectivity index (χ3v) is 4.74. The zero-order valence-electron chi connectivity index (χ0n) is 15.4. The lowest BCUT2D eigenvalue weighted by Gasteiger charge is -2.28. The normalized spacial score (nSPS) is 14.0. The largest absolute Gasteiger partial charge is 0.488 e. The van der Waals surface area contributed by atoms with Gasteiger partial charge in [-0.2, -0.15) is 0 Å². The van der Waals surface area contributed by atoms with Crippen molar-refractivity contribution in [2.24, 2.45) is 0 Å². The van der Waals surface area contributed by atoms with Crippen molar-refractivity contribution >= 4 is 27.7 Å². The van der Waals surface area contributed by atoms with Crippen molar-refractivity contribution in [3.8, 4) is 5.75 Å². The highest BCUT2D eigenvalue weighted by Gasteiger charge is 2.37. The second kappa shape index (κ2) is 7.70. The molecule has 0 radical (unpaired) electrons. The van der Waals surface area contributed by atoms with Gasteiger partial charge in [0.2, 0.25) is 0 Å². The molecule has 0 saturated heterocycles. The van der Waals surface area contributed by atoms with Crippen molar-refractivity contribution in [3.63, 3.8) is 0 Å². The molecule has 4 nitrogen and oxygen atoms in total. The molecule has 0 heterocycles. The summed E-state index contributed by atoms with van der Waals surface area (Å²) in [6.45, 7) is 6.11. The number of carbonyl (C=O) groups is 1. The van der Waals surface area contributed by atoms with Crippen LogP contribution in [0.15, 0.2) is 53.0 Å². The first kappa shape index (κ1) is 18.8. The predicted octanol–water partition coefficient (Wildman–Crippen LogP) is 5.93. The van der Waals surface area contributed by atoms with E-state index in [-0.39, 0.29) is 12.1 Å². The fourth-order valence-electron chi connectivity index (χ4n) is 2.62. The highest BCUT2D eigenvalue weighted by Crippen LogP contribution is 2.41. The third-order valence-electron chi connectivity index (χ3n) is 3.94. The van der Waals surface area contributed by atoms with Crippen LogP contribution in [0.5, 0.6) is 5.75 Å². The topological polar surface area (TPSA) is 38.8 Å². The fraction of sp³-hybridized carbons (Fsp3) is 0.381. The summed E-state index contributed by atoms with van der Waals surface area (Å²) in [6, 6.07) is 15.9. The van der Waals surface area contributed by atoms with Gasteiger partial charge in [-0.1, -0.05) is 36.4 Å². The summed E-state index contributed by atoms with van der Waals surface area (Å²) in [4.78, 5) is 14.5. The Morgan fingerprint density at radius 3 is 2.42 bits per heavy atom. The Labute approximate surface area is 163 Å². The summed E-state index contributed by atoms with van der Waals surface area (Å²) in [7, 11) is 0. The Bertz CT molecular complexity index is 767. The Kier molecular flexibility index (Phi) is 5.56. The van der Waals surface area contributed by atoms with Crippen LogP contribution in [0.1, 0.15) is 39.2 Å². The molecule has 0 aromatic heterocycles. The van der Waals surface area contributed by atoms with Crippen LogP contribution in [0.25, 0.3) is 0 Å². The molecule has 1 saturated carbocycles. The van der Waals surface area contributed by atoms with Crippen LogP contribution in [0, 0.1) is 0 Å². The van der Waals surface area contributed by atoms with Crippen molar-refractivity contribution in [2.45, 2.75) is 51.9 Å². The van der Waals surface area contributed by atoms with Gasteiger partial charge in [-0.25, -0.2) is 4.79 Å². The van der Waals surface area contributed by atoms with E-state index in [0.717, 1.165) is 28.6 Å². The van der Waals surface area contributed by atoms with Crippen molar-refractivity contribution < 1.29 is 14.3 Å². The first-order chi connectivity index (χ1) is 12.3. The van der Waals surface area contributed by atoms with Crippen LogP contribution in [-0.2, 0) is 11.3 Å². The van der Waals surface area contributed by atoms with Gasteiger partial charge in [-0.15, -0.1) is 0 Å². The second-order valence-electron chi connectivity index (χ2n) is 7.45. The fourth-order valence-corrected chi connectivity index (χ4v) is 3.19. The van der Waals surface area contributed by atoms with E-state index < -0.39 is 5.60 Å². The first-order valence-corrected chi connectivity index (χ1v) is 9.62. The summed E-state index contributed by atoms with van der Waals surface area (Å²) in [6.07, 6.45) is 1.66. The molecular weight excluding hydrogens is 394 g/mol. The summed E-state index contributed by atoms with van der Waals surface area (Å²) < 4.78 is 12.3. The number of rotatable bonds is 5. The predicted molar refractivity (Wildman–Crippen MR) is 107 cm³/mol. The van der Waals surface area contributed by atoms with E-state index in [0.29, 0.717) is 12.4 Å². The van der Waals surface area contributed by atoms with Crippen molar-refractivity contribution in [2.75, 3.05) is 4.90 Å². The van der Waals surface area contributed by atoms with E-state index in [1.54, 1.807) is 4.90 Å². The van der Waals surface area contributed by atoms with Crippen LogP contribution in [0.4, 0.5) is 10.5 Å². The maximum atomic E-state index is 12.7. The lowest BCUT2D eigenvalue weighted by atomic mass is 10.2. The number of hydrogen-bond donors (Lipinski definition) is 0. The number of amides is 1. The van der Waals surface area contributed by atoms with Crippen molar-refractivity contribution in [1.29, 1.82) is 0 Å². The maximum Gasteiger partial charge on any atom is 0.415 e. The van der Waals surface area contributed by atoms with E-state index in [1.807, 2.05) is 69.3 Å². The van der Waals surface area contributed by atoms with Crippen LogP contribution < -0.4 is 9.64 Å². The summed E-state index contributed by atoms with van der Waals surface area (Å²) in [5, 5.41) is 0. The van der Waals surface area contributed by atoms with Gasteiger partial charge in [0.1, 0.15) is 18.0 Å². The molecule has 138 valence electrons. The van der Waals surface area contributed by atoms with E-state index in [9.17, 15) is 4.79 Å². The Balaban J connectivity index is 1.81. The minimum atomic E-state index is -0.530. The van der Waals surface area contributed by atoms with E-state index in [2.05, 4.69) is 15.9 Å². The SMILES string of the molecule is CC(C)(C)OC(=O)N(c1cccc(OCc2ccccc2)c1Br)C1CC1. The average Bonchev–Trinajstić information content (AvgIpc) is 3.40. The highest BCUT2D eigenvalue weighted by atomic mass is 79.9. The number of benzene rings is 2. The summed E-state index contributed by atoms with van der Waals surface area (Å²) in [5.41, 5.74) is 1.35. The molecule has 3 rings (SSSR count). The highest BCUT2D eigenvalue weighted by molar-refractivity contribution is 9.10. The molecule has 5 heteroatoms. The van der Waals surface area contributed by atoms with Crippen LogP contribution in [0.3, 0.4) is 0 Å². The Hall–Kier alpha value is -2.01. The van der Waals surface area contributed by atoms with Crippen molar-refractivity contribution in [3.05, 3.63) is 58.6 Å². The first-order valence-electron chi connectivity index (χ1n) is 8.82. The Morgan fingerprint density at radius 2 is 1.81 bits per heavy atom. The smallest absolute Gasteiger partial charge is 0.415 e. The second-order valence-corrected chi connectivity index (χ2v) is 8.24. The van der Waals surface area contributed by atoms with Gasteiger partial charge >= 0.3 is 6.09 Å². The number of halogens is 1. The van der Waals surface area contributed by atoms with Gasteiger partial charge in [0.25, 0.3) is 0 Å². The van der Waals surface area contributed by atoms with Gasteiger partial charge in [-0.05, 0) is 67.2 Å². The maximum absolute atomic E-state index is 12.7. The van der Waals surface area contributed by atoms with Gasteiger partial charge < -0.3 is 9.47 Å². The van der Waals surface area contributed by atoms with Gasteiger partial charge in [0, 0.05) is 6.04 Å². The standard InChI is InChI=1S/C21H24BrNO3/c1-21(2,3)26-20(24)23(16-12-13-16)17-10-7-11-18(19(17)22)25-14-15-8-5-4-6-9-15/h4-11,16H,12-14H2,1-3H3. The molecule has 0 bridgehead atoms. The molecule has 0 atom stereocenters. The molecule has 0 aliphatic heterocycles. The molecule has 0 N–H and O–H groups in total. The molecule has 0 unspecified atom stereocenters. The third kappa shape index (κ3) is 4.79. The average molecular weight is 418 g/mol. The number of anilines is 1. The van der Waals surface area contributed by atoms with E-state index in [1.165, 1.54) is 0 Å². The van der Waals surface area contributed by atoms with Crippen LogP contribution in [-0.4, -0.2) is 17.7 Å². The summed E-state index contributed by atoms with van der Waals surface area (Å²) >= 11 is 3.63. The summed E-state index contributed by atoms with van der Waals surface area (Å²) in [5.74, 6) is 0.709. The molecule has 1 aliphatic carbocycles. The Morgan fingerprint density at radius 1 is 1.12 bits per heavy atom. The molecule has 2 aromatic carbocycles. The molecular formula is C21H24BrNO3. The van der Waals surface area contributed by atoms with Crippen LogP contribution >= 0.6 is 15.9 Å². The lowest BCUT2D eigenvalue weighted by Crippen LogP contribution is -2.38. The van der Waals surface area contributed by atoms with Gasteiger partial charge in [0.15, 0.2) is 0 Å². The minimum absolute atomic E-state index is 0.186. The molecule has 2 aromatic rings. The minimum Gasteiger partial charge on any atom is -0.488 e. The quantitative estimate of drug-likeness (QED) is 0.604. The number of nitrogens with zero attached hydrogens (tertiary/aromatic N) is 1. The van der Waals surface area contributed by atoms with E-state index in [4.69, 9.17) is 9.47 Å². The zero-order valence-corrected chi connectivity index (χ0v) is 17.0. The molecule has 1 fully saturated rings. The number of ether oxygens (including phenoxy) is 2. The lowest BCUT2D eigenvalue weighted by molar-refractivity contribution is 0.0577. The molecule has 1 aliphatic rings. The monoisotopic (exact) mass is 417 g/mol.